The molecule has 2 rings (SSSR count). The molecule has 1 atom stereocenters. The molecule has 2 aromatic carbocycles. The monoisotopic (exact) mass is 392 g/mol. The molecule has 4 nitrogen and oxygen atoms in total. The van der Waals surface area contributed by atoms with E-state index in [0.717, 1.165) is 23.6 Å². The summed E-state index contributed by atoms with van der Waals surface area (Å²) in [5.74, 6) is 2.00. The quantitative estimate of drug-likeness (QED) is 0.345. The Hall–Kier alpha value is -1.53. The first-order chi connectivity index (χ1) is 12.7. The van der Waals surface area contributed by atoms with Gasteiger partial charge in [0.25, 0.3) is 0 Å². The molecular weight excluding hydrogens is 368 g/mol. The second-order valence-corrected chi connectivity index (χ2v) is 7.36. The summed E-state index contributed by atoms with van der Waals surface area (Å²) >= 11 is 7.98. The molecule has 0 saturated heterocycles. The maximum absolute atomic E-state index is 9.93. The minimum Gasteiger partial charge on any atom is -0.393 e. The smallest absolute Gasteiger partial charge is 0.144 e. The second kappa shape index (κ2) is 12.0. The molecule has 26 heavy (non-hydrogen) atoms. The fourth-order valence-electron chi connectivity index (χ4n) is 2.26. The van der Waals surface area contributed by atoms with Crippen LogP contribution in [0.3, 0.4) is 0 Å². The lowest BCUT2D eigenvalue weighted by Crippen LogP contribution is -2.31. The van der Waals surface area contributed by atoms with Gasteiger partial charge in [-0.05, 0) is 18.6 Å². The van der Waals surface area contributed by atoms with Gasteiger partial charge in [0.1, 0.15) is 12.7 Å². The maximum Gasteiger partial charge on any atom is 0.144 e. The first-order valence-corrected chi connectivity index (χ1v) is 10.1. The number of hydrogen-bond donors (Lipinski definition) is 2. The van der Waals surface area contributed by atoms with Gasteiger partial charge in [0.2, 0.25) is 0 Å². The molecule has 6 heteroatoms. The predicted octanol–water partition coefficient (Wildman–Crippen LogP) is 3.96. The molecule has 0 aliphatic heterocycles. The van der Waals surface area contributed by atoms with Crippen molar-refractivity contribution in [1.29, 1.82) is 0 Å². The highest BCUT2D eigenvalue weighted by Crippen LogP contribution is 2.15. The molecule has 0 aliphatic carbocycles. The van der Waals surface area contributed by atoms with E-state index < -0.39 is 6.10 Å². The first kappa shape index (κ1) is 20.8. The fraction of sp³-hybridized carbons (Fsp3) is 0.350. The minimum atomic E-state index is -0.600. The Morgan fingerprint density at radius 1 is 1.19 bits per heavy atom. The number of aliphatic hydroxyl groups is 1. The van der Waals surface area contributed by atoms with Gasteiger partial charge in [-0.3, -0.25) is 0 Å². The lowest BCUT2D eigenvalue weighted by atomic mass is 10.1. The van der Waals surface area contributed by atoms with Gasteiger partial charge in [0, 0.05) is 35.2 Å². The van der Waals surface area contributed by atoms with Gasteiger partial charge in [-0.25, -0.2) is 0 Å². The highest BCUT2D eigenvalue weighted by atomic mass is 35.5. The summed E-state index contributed by atoms with van der Waals surface area (Å²) in [6, 6.07) is 17.9. The van der Waals surface area contributed by atoms with Crippen LogP contribution in [-0.2, 0) is 10.6 Å². The molecule has 0 amide bonds. The van der Waals surface area contributed by atoms with Crippen LogP contribution in [-0.4, -0.2) is 42.4 Å². The third kappa shape index (κ3) is 7.79. The Bertz CT molecular complexity index is 683. The topological polar surface area (TPSA) is 53.9 Å². The van der Waals surface area contributed by atoms with Gasteiger partial charge >= 0.3 is 0 Å². The zero-order chi connectivity index (χ0) is 18.6. The van der Waals surface area contributed by atoms with E-state index >= 15 is 0 Å². The van der Waals surface area contributed by atoms with Crippen LogP contribution in [0, 0.1) is 0 Å². The summed E-state index contributed by atoms with van der Waals surface area (Å²) in [6.07, 6.45) is -0.600. The highest BCUT2D eigenvalue weighted by Gasteiger charge is 2.06. The van der Waals surface area contributed by atoms with Crippen molar-refractivity contribution in [2.24, 2.45) is 5.16 Å². The van der Waals surface area contributed by atoms with E-state index in [1.54, 1.807) is 0 Å². The van der Waals surface area contributed by atoms with Crippen molar-refractivity contribution in [3.05, 3.63) is 70.7 Å². The average molecular weight is 393 g/mol. The molecule has 0 radical (unpaired) electrons. The van der Waals surface area contributed by atoms with Crippen LogP contribution in [0.4, 0.5) is 0 Å². The lowest BCUT2D eigenvalue weighted by Gasteiger charge is -2.11. The highest BCUT2D eigenvalue weighted by molar-refractivity contribution is 7.98. The van der Waals surface area contributed by atoms with Crippen LogP contribution in [0.2, 0.25) is 5.02 Å². The average Bonchev–Trinajstić information content (AvgIpc) is 2.65. The number of rotatable bonds is 11. The van der Waals surface area contributed by atoms with Crippen molar-refractivity contribution in [2.75, 3.05) is 25.4 Å². The molecule has 0 fully saturated rings. The second-order valence-electron chi connectivity index (χ2n) is 5.85. The standard InChI is InChI=1S/C20H25ClN2O2S/c1-16(19-9-5-6-10-20(19)21)23-25-14-18(24)13-22-11-12-26-15-17-7-3-2-4-8-17/h2-10,18,22,24H,11-15H2,1H3/b23-16+/t18-/m1/s1. The van der Waals surface area contributed by atoms with Crippen LogP contribution in [0.1, 0.15) is 18.1 Å². The van der Waals surface area contributed by atoms with E-state index in [-0.39, 0.29) is 6.61 Å². The fourth-order valence-corrected chi connectivity index (χ4v) is 3.39. The van der Waals surface area contributed by atoms with Crippen molar-refractivity contribution >= 4 is 29.1 Å². The minimum absolute atomic E-state index is 0.145. The summed E-state index contributed by atoms with van der Waals surface area (Å²) in [7, 11) is 0. The molecule has 0 saturated carbocycles. The summed E-state index contributed by atoms with van der Waals surface area (Å²) in [6.45, 7) is 3.30. The van der Waals surface area contributed by atoms with E-state index in [1.165, 1.54) is 5.56 Å². The van der Waals surface area contributed by atoms with Crippen molar-refractivity contribution < 1.29 is 9.94 Å². The number of aliphatic hydroxyl groups excluding tert-OH is 1. The van der Waals surface area contributed by atoms with Crippen molar-refractivity contribution in [2.45, 2.75) is 18.8 Å². The van der Waals surface area contributed by atoms with Crippen LogP contribution >= 0.6 is 23.4 Å². The van der Waals surface area contributed by atoms with Gasteiger partial charge in [-0.1, -0.05) is 65.3 Å². The summed E-state index contributed by atoms with van der Waals surface area (Å²) in [5, 5.41) is 17.8. The van der Waals surface area contributed by atoms with E-state index in [1.807, 2.05) is 49.0 Å². The molecule has 140 valence electrons. The number of hydrogen-bond acceptors (Lipinski definition) is 5. The predicted molar refractivity (Wildman–Crippen MR) is 111 cm³/mol. The Balaban J connectivity index is 1.55. The number of thioether (sulfide) groups is 1. The number of nitrogens with zero attached hydrogens (tertiary/aromatic N) is 1. The summed E-state index contributed by atoms with van der Waals surface area (Å²) < 4.78 is 0. The van der Waals surface area contributed by atoms with Crippen LogP contribution < -0.4 is 5.32 Å². The Morgan fingerprint density at radius 2 is 1.92 bits per heavy atom. The zero-order valence-corrected chi connectivity index (χ0v) is 16.5. The van der Waals surface area contributed by atoms with Gasteiger partial charge < -0.3 is 15.3 Å². The molecule has 0 aliphatic rings. The van der Waals surface area contributed by atoms with Crippen LogP contribution in [0.15, 0.2) is 59.8 Å². The van der Waals surface area contributed by atoms with E-state index in [9.17, 15) is 5.11 Å². The van der Waals surface area contributed by atoms with E-state index in [0.29, 0.717) is 17.3 Å². The molecule has 0 aromatic heterocycles. The van der Waals surface area contributed by atoms with Crippen molar-refractivity contribution in [3.63, 3.8) is 0 Å². The largest absolute Gasteiger partial charge is 0.393 e. The van der Waals surface area contributed by atoms with E-state index in [4.69, 9.17) is 16.4 Å². The molecule has 0 heterocycles. The van der Waals surface area contributed by atoms with Gasteiger partial charge in [-0.15, -0.1) is 0 Å². The number of oxime groups is 1. The lowest BCUT2D eigenvalue weighted by molar-refractivity contribution is 0.0407. The zero-order valence-electron chi connectivity index (χ0n) is 14.9. The van der Waals surface area contributed by atoms with Crippen molar-refractivity contribution in [1.82, 2.24) is 5.32 Å². The Kier molecular flexibility index (Phi) is 9.56. The summed E-state index contributed by atoms with van der Waals surface area (Å²) in [5.41, 5.74) is 2.85. The molecule has 0 bridgehead atoms. The Labute approximate surface area is 164 Å². The molecule has 2 aromatic rings. The Morgan fingerprint density at radius 3 is 2.69 bits per heavy atom. The van der Waals surface area contributed by atoms with Gasteiger partial charge in [0.05, 0.1) is 5.71 Å². The van der Waals surface area contributed by atoms with Gasteiger partial charge in [0.15, 0.2) is 0 Å². The normalized spacial score (nSPS) is 12.8. The van der Waals surface area contributed by atoms with E-state index in [2.05, 4.69) is 34.7 Å². The number of nitrogens with one attached hydrogen (secondary N) is 1. The van der Waals surface area contributed by atoms with Crippen LogP contribution in [0.5, 0.6) is 0 Å². The first-order valence-electron chi connectivity index (χ1n) is 8.58. The summed E-state index contributed by atoms with van der Waals surface area (Å²) in [4.78, 5) is 5.24. The van der Waals surface area contributed by atoms with Gasteiger partial charge in [-0.2, -0.15) is 11.8 Å². The SMILES string of the molecule is C/C(=N\OC[C@H](O)CNCCSCc1ccccc1)c1ccccc1Cl. The third-order valence-corrected chi connectivity index (χ3v) is 5.01. The molecular formula is C20H25ClN2O2S. The maximum atomic E-state index is 9.93. The van der Waals surface area contributed by atoms with Crippen LogP contribution in [0.25, 0.3) is 0 Å². The third-order valence-electron chi connectivity index (χ3n) is 3.65. The number of halogens is 1. The molecule has 0 spiro atoms. The molecule has 0 unspecified atom stereocenters. The molecule has 2 N–H and O–H groups in total. The number of benzene rings is 2. The van der Waals surface area contributed by atoms with Crippen molar-refractivity contribution in [3.8, 4) is 0 Å².